The first-order valence-corrected chi connectivity index (χ1v) is 7.85. The standard InChI is InChI=1S/C18H20N2O2S/c1-12-7-8-14(11-13(12)2)17(21)19-9-10-20-18(22)15-5-3-4-6-16(15)23/h3-8,11,23H,9-10H2,1-2H3,(H,19,21)(H,20,22). The predicted octanol–water partition coefficient (Wildman–Crippen LogP) is 2.75. The summed E-state index contributed by atoms with van der Waals surface area (Å²) in [4.78, 5) is 24.7. The van der Waals surface area contributed by atoms with Crippen molar-refractivity contribution in [1.82, 2.24) is 10.6 Å². The second-order valence-electron chi connectivity index (χ2n) is 5.33. The highest BCUT2D eigenvalue weighted by Gasteiger charge is 2.09. The van der Waals surface area contributed by atoms with Crippen LogP contribution < -0.4 is 10.6 Å². The lowest BCUT2D eigenvalue weighted by atomic mass is 10.1. The van der Waals surface area contributed by atoms with Crippen LogP contribution in [0.5, 0.6) is 0 Å². The third kappa shape index (κ3) is 4.60. The van der Waals surface area contributed by atoms with Gasteiger partial charge in [-0.05, 0) is 49.2 Å². The normalized spacial score (nSPS) is 10.2. The molecule has 0 aliphatic heterocycles. The summed E-state index contributed by atoms with van der Waals surface area (Å²) in [6, 6.07) is 12.7. The molecule has 0 aliphatic rings. The Hall–Kier alpha value is -2.27. The van der Waals surface area contributed by atoms with E-state index < -0.39 is 0 Å². The molecule has 0 unspecified atom stereocenters. The van der Waals surface area contributed by atoms with E-state index in [2.05, 4.69) is 23.3 Å². The fraction of sp³-hybridized carbons (Fsp3) is 0.222. The van der Waals surface area contributed by atoms with Gasteiger partial charge in [0.2, 0.25) is 0 Å². The lowest BCUT2D eigenvalue weighted by molar-refractivity contribution is 0.0926. The summed E-state index contributed by atoms with van der Waals surface area (Å²) in [5, 5.41) is 5.56. The number of hydrogen-bond acceptors (Lipinski definition) is 3. The maximum atomic E-state index is 12.0. The first-order valence-electron chi connectivity index (χ1n) is 7.40. The van der Waals surface area contributed by atoms with Crippen LogP contribution >= 0.6 is 12.6 Å². The molecular weight excluding hydrogens is 308 g/mol. The number of rotatable bonds is 5. The molecule has 0 bridgehead atoms. The molecule has 2 N–H and O–H groups in total. The van der Waals surface area contributed by atoms with E-state index in [1.54, 1.807) is 24.3 Å². The highest BCUT2D eigenvalue weighted by Crippen LogP contribution is 2.12. The van der Waals surface area contributed by atoms with Crippen LogP contribution in [-0.4, -0.2) is 24.9 Å². The highest BCUT2D eigenvalue weighted by atomic mass is 32.1. The van der Waals surface area contributed by atoms with Gasteiger partial charge in [0.05, 0.1) is 5.56 Å². The van der Waals surface area contributed by atoms with E-state index in [4.69, 9.17) is 0 Å². The van der Waals surface area contributed by atoms with Crippen LogP contribution in [0.4, 0.5) is 0 Å². The van der Waals surface area contributed by atoms with Crippen molar-refractivity contribution in [2.75, 3.05) is 13.1 Å². The van der Waals surface area contributed by atoms with Gasteiger partial charge < -0.3 is 10.6 Å². The first kappa shape index (κ1) is 17.1. The molecule has 0 fully saturated rings. The van der Waals surface area contributed by atoms with Gasteiger partial charge in [0.1, 0.15) is 0 Å². The molecule has 0 aromatic heterocycles. The van der Waals surface area contributed by atoms with Gasteiger partial charge in [0.25, 0.3) is 11.8 Å². The van der Waals surface area contributed by atoms with Gasteiger partial charge in [-0.15, -0.1) is 12.6 Å². The van der Waals surface area contributed by atoms with Crippen LogP contribution in [0.2, 0.25) is 0 Å². The molecule has 120 valence electrons. The molecule has 4 nitrogen and oxygen atoms in total. The molecule has 23 heavy (non-hydrogen) atoms. The van der Waals surface area contributed by atoms with Crippen molar-refractivity contribution in [2.24, 2.45) is 0 Å². The van der Waals surface area contributed by atoms with E-state index in [0.29, 0.717) is 29.1 Å². The maximum absolute atomic E-state index is 12.0. The monoisotopic (exact) mass is 328 g/mol. The smallest absolute Gasteiger partial charge is 0.252 e. The zero-order chi connectivity index (χ0) is 16.8. The SMILES string of the molecule is Cc1ccc(C(=O)NCCNC(=O)c2ccccc2S)cc1C. The molecular formula is C18H20N2O2S. The Balaban J connectivity index is 1.81. The van der Waals surface area contributed by atoms with Crippen molar-refractivity contribution in [1.29, 1.82) is 0 Å². The zero-order valence-electron chi connectivity index (χ0n) is 13.2. The van der Waals surface area contributed by atoms with Gasteiger partial charge in [-0.3, -0.25) is 9.59 Å². The van der Waals surface area contributed by atoms with Crippen LogP contribution in [-0.2, 0) is 0 Å². The molecule has 0 atom stereocenters. The molecule has 0 radical (unpaired) electrons. The van der Waals surface area contributed by atoms with Crippen molar-refractivity contribution in [2.45, 2.75) is 18.7 Å². The van der Waals surface area contributed by atoms with Crippen LogP contribution in [0.1, 0.15) is 31.8 Å². The van der Waals surface area contributed by atoms with E-state index >= 15 is 0 Å². The Kier molecular flexibility index (Phi) is 5.82. The molecule has 0 aliphatic carbocycles. The van der Waals surface area contributed by atoms with E-state index in [9.17, 15) is 9.59 Å². The zero-order valence-corrected chi connectivity index (χ0v) is 14.1. The Morgan fingerprint density at radius 1 is 0.913 bits per heavy atom. The van der Waals surface area contributed by atoms with Gasteiger partial charge in [-0.1, -0.05) is 18.2 Å². The second kappa shape index (κ2) is 7.83. The molecule has 0 spiro atoms. The van der Waals surface area contributed by atoms with E-state index in [-0.39, 0.29) is 11.8 Å². The number of aryl methyl sites for hydroxylation is 2. The van der Waals surface area contributed by atoms with E-state index in [1.165, 1.54) is 0 Å². The maximum Gasteiger partial charge on any atom is 0.252 e. The third-order valence-corrected chi connectivity index (χ3v) is 4.00. The van der Waals surface area contributed by atoms with Crippen LogP contribution in [0.15, 0.2) is 47.4 Å². The summed E-state index contributed by atoms with van der Waals surface area (Å²) in [6.45, 7) is 4.71. The van der Waals surface area contributed by atoms with Gasteiger partial charge in [-0.2, -0.15) is 0 Å². The van der Waals surface area contributed by atoms with Crippen molar-refractivity contribution in [3.8, 4) is 0 Å². The summed E-state index contributed by atoms with van der Waals surface area (Å²) in [5.41, 5.74) is 3.38. The minimum atomic E-state index is -0.198. The summed E-state index contributed by atoms with van der Waals surface area (Å²) in [6.07, 6.45) is 0. The van der Waals surface area contributed by atoms with E-state index in [0.717, 1.165) is 11.1 Å². The van der Waals surface area contributed by atoms with Gasteiger partial charge >= 0.3 is 0 Å². The number of amides is 2. The fourth-order valence-corrected chi connectivity index (χ4v) is 2.36. The lowest BCUT2D eigenvalue weighted by Gasteiger charge is -2.09. The average molecular weight is 328 g/mol. The number of carbonyl (C=O) groups is 2. The van der Waals surface area contributed by atoms with Gasteiger partial charge in [-0.25, -0.2) is 0 Å². The third-order valence-electron chi connectivity index (χ3n) is 3.61. The molecule has 0 saturated carbocycles. The number of nitrogens with one attached hydrogen (secondary N) is 2. The fourth-order valence-electron chi connectivity index (χ4n) is 2.10. The van der Waals surface area contributed by atoms with Gasteiger partial charge in [0, 0.05) is 23.5 Å². The summed E-state index contributed by atoms with van der Waals surface area (Å²) in [7, 11) is 0. The Morgan fingerprint density at radius 3 is 2.22 bits per heavy atom. The molecule has 2 rings (SSSR count). The van der Waals surface area contributed by atoms with Crippen molar-refractivity contribution in [3.63, 3.8) is 0 Å². The molecule has 5 heteroatoms. The highest BCUT2D eigenvalue weighted by molar-refractivity contribution is 7.80. The minimum Gasteiger partial charge on any atom is -0.350 e. The average Bonchev–Trinajstić information content (AvgIpc) is 2.54. The number of carbonyl (C=O) groups excluding carboxylic acids is 2. The van der Waals surface area contributed by atoms with Crippen LogP contribution in [0.25, 0.3) is 0 Å². The number of thiol groups is 1. The number of benzene rings is 2. The molecule has 0 saturated heterocycles. The van der Waals surface area contributed by atoms with Gasteiger partial charge in [0.15, 0.2) is 0 Å². The quantitative estimate of drug-likeness (QED) is 0.584. The van der Waals surface area contributed by atoms with Crippen molar-refractivity contribution < 1.29 is 9.59 Å². The second-order valence-corrected chi connectivity index (χ2v) is 5.81. The molecule has 0 heterocycles. The van der Waals surface area contributed by atoms with E-state index in [1.807, 2.05) is 32.0 Å². The number of hydrogen-bond donors (Lipinski definition) is 3. The topological polar surface area (TPSA) is 58.2 Å². The first-order chi connectivity index (χ1) is 11.0. The molecule has 2 aromatic carbocycles. The van der Waals surface area contributed by atoms with Crippen molar-refractivity contribution >= 4 is 24.4 Å². The van der Waals surface area contributed by atoms with Crippen LogP contribution in [0, 0.1) is 13.8 Å². The summed E-state index contributed by atoms with van der Waals surface area (Å²) >= 11 is 4.25. The predicted molar refractivity (Wildman–Crippen MR) is 94.3 cm³/mol. The Morgan fingerprint density at radius 2 is 1.57 bits per heavy atom. The molecule has 2 amide bonds. The molecule has 2 aromatic rings. The Bertz CT molecular complexity index is 729. The minimum absolute atomic E-state index is 0.142. The Labute approximate surface area is 141 Å². The largest absolute Gasteiger partial charge is 0.350 e. The summed E-state index contributed by atoms with van der Waals surface area (Å²) < 4.78 is 0. The van der Waals surface area contributed by atoms with Crippen molar-refractivity contribution in [3.05, 3.63) is 64.7 Å². The summed E-state index contributed by atoms with van der Waals surface area (Å²) in [5.74, 6) is -0.340. The van der Waals surface area contributed by atoms with Crippen LogP contribution in [0.3, 0.4) is 0 Å². The lowest BCUT2D eigenvalue weighted by Crippen LogP contribution is -2.34.